The van der Waals surface area contributed by atoms with E-state index in [0.717, 1.165) is 17.7 Å². The van der Waals surface area contributed by atoms with Gasteiger partial charge in [0.1, 0.15) is 0 Å². The number of benzene rings is 3. The third-order valence-corrected chi connectivity index (χ3v) is 5.51. The van der Waals surface area contributed by atoms with E-state index >= 15 is 0 Å². The molecular formula is C21H18F3N3O2S. The van der Waals surface area contributed by atoms with E-state index < -0.39 is 21.8 Å². The second kappa shape index (κ2) is 8.58. The number of alkyl halides is 3. The van der Waals surface area contributed by atoms with Crippen LogP contribution in [-0.4, -0.2) is 14.6 Å². The third kappa shape index (κ3) is 5.60. The summed E-state index contributed by atoms with van der Waals surface area (Å²) in [6, 6.07) is 17.5. The van der Waals surface area contributed by atoms with Gasteiger partial charge in [0.25, 0.3) is 10.0 Å². The Kier molecular flexibility index (Phi) is 6.12. The van der Waals surface area contributed by atoms with Gasteiger partial charge in [-0.1, -0.05) is 29.8 Å². The molecule has 3 aromatic rings. The molecule has 2 N–H and O–H groups in total. The highest BCUT2D eigenvalue weighted by Crippen LogP contribution is 2.28. The summed E-state index contributed by atoms with van der Waals surface area (Å²) in [6.45, 7) is 1.87. The van der Waals surface area contributed by atoms with E-state index in [-0.39, 0.29) is 4.90 Å². The van der Waals surface area contributed by atoms with Crippen LogP contribution >= 0.6 is 0 Å². The van der Waals surface area contributed by atoms with Gasteiger partial charge in [-0.05, 0) is 61.0 Å². The topological polar surface area (TPSA) is 70.6 Å². The van der Waals surface area contributed by atoms with Crippen LogP contribution in [0.4, 0.5) is 24.5 Å². The van der Waals surface area contributed by atoms with Crippen LogP contribution < -0.4 is 10.1 Å². The lowest BCUT2D eigenvalue weighted by atomic mass is 10.1. The monoisotopic (exact) mass is 433 g/mol. The van der Waals surface area contributed by atoms with Crippen LogP contribution in [0.3, 0.4) is 0 Å². The number of hydrazone groups is 1. The lowest BCUT2D eigenvalue weighted by Gasteiger charge is -2.09. The molecule has 0 unspecified atom stereocenters. The van der Waals surface area contributed by atoms with Crippen LogP contribution in [-0.2, 0) is 16.2 Å². The zero-order chi connectivity index (χ0) is 21.8. The van der Waals surface area contributed by atoms with Gasteiger partial charge < -0.3 is 0 Å². The first kappa shape index (κ1) is 21.4. The Hall–Kier alpha value is -3.33. The summed E-state index contributed by atoms with van der Waals surface area (Å²) in [4.78, 5) is 0.163. The molecule has 0 saturated carbocycles. The van der Waals surface area contributed by atoms with Gasteiger partial charge in [-0.3, -0.25) is 10.1 Å². The van der Waals surface area contributed by atoms with Gasteiger partial charge in [-0.2, -0.15) is 18.3 Å². The van der Waals surface area contributed by atoms with Gasteiger partial charge in [0.05, 0.1) is 22.4 Å². The van der Waals surface area contributed by atoms with Crippen molar-refractivity contribution in [2.45, 2.75) is 18.0 Å². The quantitative estimate of drug-likeness (QED) is 0.412. The summed E-state index contributed by atoms with van der Waals surface area (Å²) in [5, 5.41) is 3.97. The molecular weight excluding hydrogens is 415 g/mol. The second-order valence-electron chi connectivity index (χ2n) is 6.49. The van der Waals surface area contributed by atoms with Crippen LogP contribution in [0.15, 0.2) is 82.8 Å². The number of nitrogens with zero attached hydrogens (tertiary/aromatic N) is 1. The predicted octanol–water partition coefficient (Wildman–Crippen LogP) is 5.26. The van der Waals surface area contributed by atoms with Gasteiger partial charge in [-0.15, -0.1) is 0 Å². The molecule has 0 aliphatic carbocycles. The normalized spacial score (nSPS) is 12.1. The molecule has 5 nitrogen and oxygen atoms in total. The summed E-state index contributed by atoms with van der Waals surface area (Å²) < 4.78 is 64.9. The fourth-order valence-corrected chi connectivity index (χ4v) is 3.54. The molecule has 0 aliphatic heterocycles. The Balaban J connectivity index is 1.60. The summed E-state index contributed by atoms with van der Waals surface area (Å²) in [5.74, 6) is 0. The molecule has 0 fully saturated rings. The third-order valence-electron chi connectivity index (χ3n) is 4.11. The van der Waals surface area contributed by atoms with Crippen molar-refractivity contribution in [1.82, 2.24) is 0 Å². The fraction of sp³-hybridized carbons (Fsp3) is 0.0952. The highest BCUT2D eigenvalue weighted by atomic mass is 32.2. The Bertz CT molecular complexity index is 1120. The Morgan fingerprint density at radius 2 is 1.40 bits per heavy atom. The Labute approximate surface area is 172 Å². The molecule has 0 saturated heterocycles. The number of halogens is 3. The average Bonchev–Trinajstić information content (AvgIpc) is 2.69. The number of nitrogens with one attached hydrogen (secondary N) is 2. The standard InChI is InChI=1S/C21H18F3N3O2S/c1-15-2-12-20(13-3-15)30(28,29)27-19-10-8-18(9-11-19)26-25-14-16-4-6-17(7-5-16)21(22,23)24/h2-14,26-27H,1H3/b25-14+. The van der Waals surface area contributed by atoms with Crippen LogP contribution in [0.2, 0.25) is 0 Å². The first-order valence-electron chi connectivity index (χ1n) is 8.79. The number of hydrogen-bond donors (Lipinski definition) is 2. The summed E-state index contributed by atoms with van der Waals surface area (Å²) in [7, 11) is -3.69. The minimum atomic E-state index is -4.38. The van der Waals surface area contributed by atoms with Crippen LogP contribution in [0.1, 0.15) is 16.7 Å². The number of sulfonamides is 1. The van der Waals surface area contributed by atoms with E-state index in [0.29, 0.717) is 16.9 Å². The molecule has 0 spiro atoms. The van der Waals surface area contributed by atoms with Gasteiger partial charge in [-0.25, -0.2) is 8.42 Å². The largest absolute Gasteiger partial charge is 0.416 e. The van der Waals surface area contributed by atoms with Crippen LogP contribution in [0.25, 0.3) is 0 Å². The van der Waals surface area contributed by atoms with Crippen molar-refractivity contribution in [3.63, 3.8) is 0 Å². The van der Waals surface area contributed by atoms with Crippen LogP contribution in [0, 0.1) is 6.92 Å². The van der Waals surface area contributed by atoms with E-state index in [1.807, 2.05) is 6.92 Å². The summed E-state index contributed by atoms with van der Waals surface area (Å²) in [6.07, 6.45) is -3.00. The van der Waals surface area contributed by atoms with Crippen molar-refractivity contribution in [1.29, 1.82) is 0 Å². The van der Waals surface area contributed by atoms with Gasteiger partial charge in [0, 0.05) is 5.69 Å². The molecule has 3 aromatic carbocycles. The van der Waals surface area contributed by atoms with Crippen molar-refractivity contribution >= 4 is 27.6 Å². The van der Waals surface area contributed by atoms with Crippen molar-refractivity contribution in [3.8, 4) is 0 Å². The summed E-state index contributed by atoms with van der Waals surface area (Å²) >= 11 is 0. The number of hydrogen-bond acceptors (Lipinski definition) is 4. The molecule has 0 heterocycles. The molecule has 0 radical (unpaired) electrons. The van der Waals surface area contributed by atoms with Crippen molar-refractivity contribution in [2.24, 2.45) is 5.10 Å². The fourth-order valence-electron chi connectivity index (χ4n) is 2.48. The van der Waals surface area contributed by atoms with E-state index in [2.05, 4.69) is 15.2 Å². The Morgan fingerprint density at radius 3 is 1.97 bits per heavy atom. The lowest BCUT2D eigenvalue weighted by molar-refractivity contribution is -0.137. The predicted molar refractivity (Wildman–Crippen MR) is 111 cm³/mol. The first-order chi connectivity index (χ1) is 14.1. The minimum absolute atomic E-state index is 0.163. The van der Waals surface area contributed by atoms with Gasteiger partial charge in [0.15, 0.2) is 0 Å². The zero-order valence-corrected chi connectivity index (χ0v) is 16.6. The second-order valence-corrected chi connectivity index (χ2v) is 8.17. The van der Waals surface area contributed by atoms with Gasteiger partial charge in [0.2, 0.25) is 0 Å². The zero-order valence-electron chi connectivity index (χ0n) is 15.8. The maximum Gasteiger partial charge on any atom is 0.416 e. The molecule has 3 rings (SSSR count). The van der Waals surface area contributed by atoms with E-state index in [1.54, 1.807) is 36.4 Å². The molecule has 9 heteroatoms. The average molecular weight is 433 g/mol. The van der Waals surface area contributed by atoms with Crippen molar-refractivity contribution in [3.05, 3.63) is 89.5 Å². The highest BCUT2D eigenvalue weighted by Gasteiger charge is 2.29. The molecule has 0 amide bonds. The maximum absolute atomic E-state index is 12.6. The molecule has 0 aliphatic rings. The van der Waals surface area contributed by atoms with Crippen molar-refractivity contribution in [2.75, 3.05) is 10.1 Å². The van der Waals surface area contributed by atoms with Crippen LogP contribution in [0.5, 0.6) is 0 Å². The van der Waals surface area contributed by atoms with Crippen molar-refractivity contribution < 1.29 is 21.6 Å². The minimum Gasteiger partial charge on any atom is -0.280 e. The number of aryl methyl sites for hydroxylation is 1. The highest BCUT2D eigenvalue weighted by molar-refractivity contribution is 7.92. The van der Waals surface area contributed by atoms with E-state index in [1.165, 1.54) is 30.5 Å². The maximum atomic E-state index is 12.6. The Morgan fingerprint density at radius 1 is 0.833 bits per heavy atom. The smallest absolute Gasteiger partial charge is 0.280 e. The number of anilines is 2. The molecule has 30 heavy (non-hydrogen) atoms. The van der Waals surface area contributed by atoms with E-state index in [4.69, 9.17) is 0 Å². The molecule has 156 valence electrons. The lowest BCUT2D eigenvalue weighted by Crippen LogP contribution is -2.12. The molecule has 0 bridgehead atoms. The number of rotatable bonds is 6. The van der Waals surface area contributed by atoms with Gasteiger partial charge >= 0.3 is 6.18 Å². The molecule has 0 atom stereocenters. The SMILES string of the molecule is Cc1ccc(S(=O)(=O)Nc2ccc(N/N=C/c3ccc(C(F)(F)F)cc3)cc2)cc1. The summed E-state index contributed by atoms with van der Waals surface area (Å²) in [5.41, 5.74) is 4.43. The van der Waals surface area contributed by atoms with E-state index in [9.17, 15) is 21.6 Å². The molecule has 0 aromatic heterocycles. The first-order valence-corrected chi connectivity index (χ1v) is 10.3.